The molecule has 0 spiro atoms. The normalized spacial score (nSPS) is 21.2. The predicted octanol–water partition coefficient (Wildman–Crippen LogP) is 3.54. The molecule has 0 radical (unpaired) electrons. The van der Waals surface area contributed by atoms with Gasteiger partial charge >= 0.3 is 0 Å². The molecule has 2 heteroatoms. The van der Waals surface area contributed by atoms with Crippen LogP contribution in [0.15, 0.2) is 18.2 Å². The molecule has 0 saturated carbocycles. The molecular formula is C13H18ClN. The molecule has 1 heterocycles. The number of nitrogens with one attached hydrogen (secondary N) is 1. The van der Waals surface area contributed by atoms with E-state index >= 15 is 0 Å². The highest BCUT2D eigenvalue weighted by molar-refractivity contribution is 6.30. The maximum Gasteiger partial charge on any atom is 0.0411 e. The van der Waals surface area contributed by atoms with Crippen LogP contribution in [0.4, 0.5) is 0 Å². The Morgan fingerprint density at radius 1 is 1.33 bits per heavy atom. The minimum absolute atomic E-state index is 0.553. The van der Waals surface area contributed by atoms with Crippen molar-refractivity contribution < 1.29 is 0 Å². The number of benzene rings is 1. The standard InChI is InChI=1S/C13H18ClN/c1-9(2)11-5-12(7-13(14)6-11)10-3-4-15-8-10/h5-7,9-10,15H,3-4,8H2,1-2H3. The maximum absolute atomic E-state index is 6.15. The summed E-state index contributed by atoms with van der Waals surface area (Å²) < 4.78 is 0. The van der Waals surface area contributed by atoms with Gasteiger partial charge in [-0.2, -0.15) is 0 Å². The molecule has 0 bridgehead atoms. The van der Waals surface area contributed by atoms with Gasteiger partial charge in [0.05, 0.1) is 0 Å². The summed E-state index contributed by atoms with van der Waals surface area (Å²) in [6.07, 6.45) is 1.23. The van der Waals surface area contributed by atoms with Crippen LogP contribution in [-0.2, 0) is 0 Å². The third-order valence-corrected chi connectivity index (χ3v) is 3.36. The Labute approximate surface area is 96.8 Å². The molecule has 0 aliphatic carbocycles. The van der Waals surface area contributed by atoms with Gasteiger partial charge in [0.1, 0.15) is 0 Å². The van der Waals surface area contributed by atoms with E-state index in [0.29, 0.717) is 11.8 Å². The molecule has 0 aromatic heterocycles. The molecule has 15 heavy (non-hydrogen) atoms. The summed E-state index contributed by atoms with van der Waals surface area (Å²) in [6.45, 7) is 6.65. The van der Waals surface area contributed by atoms with Crippen LogP contribution in [-0.4, -0.2) is 13.1 Å². The summed E-state index contributed by atoms with van der Waals surface area (Å²) in [5, 5.41) is 4.27. The van der Waals surface area contributed by atoms with Gasteiger partial charge in [0, 0.05) is 11.6 Å². The van der Waals surface area contributed by atoms with Gasteiger partial charge in [-0.15, -0.1) is 0 Å². The van der Waals surface area contributed by atoms with Crippen LogP contribution in [0.25, 0.3) is 0 Å². The minimum atomic E-state index is 0.553. The highest BCUT2D eigenvalue weighted by Gasteiger charge is 2.17. The van der Waals surface area contributed by atoms with E-state index in [9.17, 15) is 0 Å². The van der Waals surface area contributed by atoms with Gasteiger partial charge in [0.15, 0.2) is 0 Å². The zero-order valence-electron chi connectivity index (χ0n) is 9.39. The average molecular weight is 224 g/mol. The van der Waals surface area contributed by atoms with E-state index in [1.165, 1.54) is 17.5 Å². The number of halogens is 1. The largest absolute Gasteiger partial charge is 0.316 e. The lowest BCUT2D eigenvalue weighted by atomic mass is 9.93. The van der Waals surface area contributed by atoms with Gasteiger partial charge < -0.3 is 5.32 Å². The third kappa shape index (κ3) is 2.53. The Bertz CT molecular complexity index is 340. The number of hydrogen-bond acceptors (Lipinski definition) is 1. The van der Waals surface area contributed by atoms with Crippen LogP contribution >= 0.6 is 11.6 Å². The number of rotatable bonds is 2. The molecular weight excluding hydrogens is 206 g/mol. The summed E-state index contributed by atoms with van der Waals surface area (Å²) in [4.78, 5) is 0. The Hall–Kier alpha value is -0.530. The summed E-state index contributed by atoms with van der Waals surface area (Å²) >= 11 is 6.15. The van der Waals surface area contributed by atoms with Gasteiger partial charge in [-0.05, 0) is 48.1 Å². The van der Waals surface area contributed by atoms with E-state index in [2.05, 4.69) is 37.4 Å². The number of hydrogen-bond donors (Lipinski definition) is 1. The molecule has 2 rings (SSSR count). The van der Waals surface area contributed by atoms with Crippen LogP contribution in [0, 0.1) is 0 Å². The van der Waals surface area contributed by atoms with Gasteiger partial charge in [-0.3, -0.25) is 0 Å². The molecule has 82 valence electrons. The van der Waals surface area contributed by atoms with E-state index < -0.39 is 0 Å². The zero-order valence-corrected chi connectivity index (χ0v) is 10.1. The molecule has 1 aromatic rings. The quantitative estimate of drug-likeness (QED) is 0.809. The highest BCUT2D eigenvalue weighted by atomic mass is 35.5. The first-order valence-corrected chi connectivity index (χ1v) is 6.05. The molecule has 1 fully saturated rings. The van der Waals surface area contributed by atoms with Crippen molar-refractivity contribution in [2.75, 3.05) is 13.1 Å². The molecule has 1 aromatic carbocycles. The lowest BCUT2D eigenvalue weighted by Gasteiger charge is -2.13. The first kappa shape index (κ1) is 11.0. The van der Waals surface area contributed by atoms with Gasteiger partial charge in [0.2, 0.25) is 0 Å². The van der Waals surface area contributed by atoms with Crippen molar-refractivity contribution in [1.29, 1.82) is 0 Å². The molecule has 1 nitrogen and oxygen atoms in total. The summed E-state index contributed by atoms with van der Waals surface area (Å²) in [5.41, 5.74) is 2.75. The topological polar surface area (TPSA) is 12.0 Å². The highest BCUT2D eigenvalue weighted by Crippen LogP contribution is 2.28. The van der Waals surface area contributed by atoms with Crippen molar-refractivity contribution in [2.45, 2.75) is 32.1 Å². The molecule has 1 aliphatic rings. The van der Waals surface area contributed by atoms with Crippen molar-refractivity contribution in [3.63, 3.8) is 0 Å². The Morgan fingerprint density at radius 3 is 2.73 bits per heavy atom. The molecule has 0 amide bonds. The van der Waals surface area contributed by atoms with Crippen molar-refractivity contribution in [1.82, 2.24) is 5.32 Å². The van der Waals surface area contributed by atoms with Crippen molar-refractivity contribution in [2.24, 2.45) is 0 Å². The van der Waals surface area contributed by atoms with E-state index in [1.807, 2.05) is 0 Å². The third-order valence-electron chi connectivity index (χ3n) is 3.14. The smallest absolute Gasteiger partial charge is 0.0411 e. The van der Waals surface area contributed by atoms with Gasteiger partial charge in [-0.25, -0.2) is 0 Å². The fourth-order valence-electron chi connectivity index (χ4n) is 2.14. The van der Waals surface area contributed by atoms with E-state index in [4.69, 9.17) is 11.6 Å². The summed E-state index contributed by atoms with van der Waals surface area (Å²) in [6, 6.07) is 6.51. The van der Waals surface area contributed by atoms with Crippen LogP contribution < -0.4 is 5.32 Å². The molecule has 1 atom stereocenters. The Balaban J connectivity index is 2.30. The predicted molar refractivity (Wildman–Crippen MR) is 65.8 cm³/mol. The average Bonchev–Trinajstić information content (AvgIpc) is 2.69. The first-order valence-electron chi connectivity index (χ1n) is 5.68. The fourth-order valence-corrected chi connectivity index (χ4v) is 2.40. The Kier molecular flexibility index (Phi) is 3.32. The molecule has 1 aliphatic heterocycles. The lowest BCUT2D eigenvalue weighted by molar-refractivity contribution is 0.757. The fraction of sp³-hybridized carbons (Fsp3) is 0.538. The van der Waals surface area contributed by atoms with Crippen LogP contribution in [0.3, 0.4) is 0 Å². The van der Waals surface area contributed by atoms with Crippen LogP contribution in [0.5, 0.6) is 0 Å². The SMILES string of the molecule is CC(C)c1cc(Cl)cc(C2CCNC2)c1. The minimum Gasteiger partial charge on any atom is -0.316 e. The van der Waals surface area contributed by atoms with E-state index in [1.54, 1.807) is 0 Å². The summed E-state index contributed by atoms with van der Waals surface area (Å²) in [5.74, 6) is 1.21. The second-order valence-corrected chi connectivity index (χ2v) is 5.10. The molecule has 1 N–H and O–H groups in total. The van der Waals surface area contributed by atoms with Gasteiger partial charge in [0.25, 0.3) is 0 Å². The van der Waals surface area contributed by atoms with Crippen molar-refractivity contribution in [3.8, 4) is 0 Å². The van der Waals surface area contributed by atoms with Crippen molar-refractivity contribution >= 4 is 11.6 Å². The molecule has 1 saturated heterocycles. The lowest BCUT2D eigenvalue weighted by Crippen LogP contribution is -2.08. The second-order valence-electron chi connectivity index (χ2n) is 4.66. The van der Waals surface area contributed by atoms with E-state index in [-0.39, 0.29) is 0 Å². The second kappa shape index (κ2) is 4.54. The maximum atomic E-state index is 6.15. The monoisotopic (exact) mass is 223 g/mol. The van der Waals surface area contributed by atoms with Crippen molar-refractivity contribution in [3.05, 3.63) is 34.3 Å². The summed E-state index contributed by atoms with van der Waals surface area (Å²) in [7, 11) is 0. The van der Waals surface area contributed by atoms with Crippen LogP contribution in [0.1, 0.15) is 43.2 Å². The molecule has 1 unspecified atom stereocenters. The zero-order chi connectivity index (χ0) is 10.8. The van der Waals surface area contributed by atoms with Gasteiger partial charge in [-0.1, -0.05) is 31.5 Å². The van der Waals surface area contributed by atoms with Crippen LogP contribution in [0.2, 0.25) is 5.02 Å². The van der Waals surface area contributed by atoms with E-state index in [0.717, 1.165) is 18.1 Å². The first-order chi connectivity index (χ1) is 7.16. The Morgan fingerprint density at radius 2 is 2.13 bits per heavy atom.